The first-order valence-corrected chi connectivity index (χ1v) is 7.49. The highest BCUT2D eigenvalue weighted by atomic mass is 15.2. The Balaban J connectivity index is 1.92. The highest BCUT2D eigenvalue weighted by Crippen LogP contribution is 2.35. The Morgan fingerprint density at radius 3 is 2.47 bits per heavy atom. The third kappa shape index (κ3) is 3.23. The van der Waals surface area contributed by atoms with Gasteiger partial charge in [-0.1, -0.05) is 20.8 Å². The van der Waals surface area contributed by atoms with Crippen LogP contribution in [0.1, 0.15) is 40.0 Å². The van der Waals surface area contributed by atoms with Crippen LogP contribution in [0.2, 0.25) is 0 Å². The van der Waals surface area contributed by atoms with Gasteiger partial charge < -0.3 is 10.2 Å². The van der Waals surface area contributed by atoms with Gasteiger partial charge in [0.15, 0.2) is 0 Å². The molecule has 17 heavy (non-hydrogen) atoms. The van der Waals surface area contributed by atoms with Crippen LogP contribution in [-0.4, -0.2) is 37.6 Å². The number of nitrogens with one attached hydrogen (secondary N) is 1. The van der Waals surface area contributed by atoms with E-state index in [0.717, 1.165) is 29.7 Å². The summed E-state index contributed by atoms with van der Waals surface area (Å²) in [5, 5.41) is 3.57. The molecule has 1 saturated heterocycles. The van der Waals surface area contributed by atoms with Crippen LogP contribution in [0, 0.1) is 23.7 Å². The van der Waals surface area contributed by atoms with Crippen LogP contribution >= 0.6 is 0 Å². The van der Waals surface area contributed by atoms with Crippen molar-refractivity contribution in [3.05, 3.63) is 0 Å². The lowest BCUT2D eigenvalue weighted by Crippen LogP contribution is -2.47. The van der Waals surface area contributed by atoms with Crippen LogP contribution in [0.3, 0.4) is 0 Å². The first-order chi connectivity index (χ1) is 8.10. The molecule has 0 aromatic rings. The van der Waals surface area contributed by atoms with Gasteiger partial charge in [-0.15, -0.1) is 0 Å². The van der Waals surface area contributed by atoms with Crippen LogP contribution in [0.15, 0.2) is 0 Å². The van der Waals surface area contributed by atoms with E-state index in [2.05, 4.69) is 38.0 Å². The van der Waals surface area contributed by atoms with E-state index in [1.54, 1.807) is 0 Å². The van der Waals surface area contributed by atoms with Gasteiger partial charge in [0.25, 0.3) is 0 Å². The minimum atomic E-state index is 0.740. The molecule has 2 heteroatoms. The Hall–Kier alpha value is -0.0800. The highest BCUT2D eigenvalue weighted by molar-refractivity contribution is 4.89. The monoisotopic (exact) mass is 238 g/mol. The summed E-state index contributed by atoms with van der Waals surface area (Å²) in [5.41, 5.74) is 0. The van der Waals surface area contributed by atoms with Crippen LogP contribution < -0.4 is 5.32 Å². The second-order valence-corrected chi connectivity index (χ2v) is 6.77. The van der Waals surface area contributed by atoms with E-state index in [4.69, 9.17) is 0 Å². The lowest BCUT2D eigenvalue weighted by atomic mass is 9.72. The van der Waals surface area contributed by atoms with Crippen molar-refractivity contribution in [1.29, 1.82) is 0 Å². The van der Waals surface area contributed by atoms with Gasteiger partial charge in [0, 0.05) is 19.1 Å². The van der Waals surface area contributed by atoms with Gasteiger partial charge in [-0.25, -0.2) is 0 Å². The molecule has 0 radical (unpaired) electrons. The fourth-order valence-electron chi connectivity index (χ4n) is 4.04. The maximum absolute atomic E-state index is 3.57. The molecule has 0 aromatic heterocycles. The zero-order chi connectivity index (χ0) is 12.4. The molecule has 1 saturated carbocycles. The fraction of sp³-hybridized carbons (Fsp3) is 1.00. The third-order valence-corrected chi connectivity index (χ3v) is 5.03. The molecule has 2 aliphatic rings. The first kappa shape index (κ1) is 13.4. The van der Waals surface area contributed by atoms with Gasteiger partial charge in [0.05, 0.1) is 0 Å². The molecule has 1 aliphatic heterocycles. The zero-order valence-electron chi connectivity index (χ0n) is 12.1. The number of likely N-dealkylation sites (tertiary alicyclic amines) is 1. The van der Waals surface area contributed by atoms with Crippen molar-refractivity contribution in [2.24, 2.45) is 23.7 Å². The molecule has 0 spiro atoms. The average molecular weight is 238 g/mol. The van der Waals surface area contributed by atoms with Crippen molar-refractivity contribution in [2.75, 3.05) is 26.7 Å². The summed E-state index contributed by atoms with van der Waals surface area (Å²) in [6.45, 7) is 11.2. The molecule has 2 rings (SSSR count). The van der Waals surface area contributed by atoms with E-state index in [-0.39, 0.29) is 0 Å². The van der Waals surface area contributed by atoms with Crippen molar-refractivity contribution in [3.63, 3.8) is 0 Å². The smallest absolute Gasteiger partial charge is 0.0110 e. The van der Waals surface area contributed by atoms with E-state index in [9.17, 15) is 0 Å². The number of hydrogen-bond acceptors (Lipinski definition) is 2. The second kappa shape index (κ2) is 5.71. The molecular weight excluding hydrogens is 208 g/mol. The summed E-state index contributed by atoms with van der Waals surface area (Å²) in [6.07, 6.45) is 4.20. The molecular formula is C15H30N2. The molecule has 2 fully saturated rings. The molecule has 5 atom stereocenters. The Morgan fingerprint density at radius 1 is 1.12 bits per heavy atom. The topological polar surface area (TPSA) is 15.3 Å². The van der Waals surface area contributed by atoms with Crippen molar-refractivity contribution >= 4 is 0 Å². The van der Waals surface area contributed by atoms with Crippen molar-refractivity contribution in [2.45, 2.75) is 46.1 Å². The predicted molar refractivity (Wildman–Crippen MR) is 74.1 cm³/mol. The molecule has 100 valence electrons. The maximum Gasteiger partial charge on any atom is 0.0110 e. The fourth-order valence-corrected chi connectivity index (χ4v) is 4.04. The standard InChI is InChI=1S/C15H30N2/c1-11-5-6-17(9-11)10-14-13(3)7-12(2)8-15(14)16-4/h11-16H,5-10H2,1-4H3. The molecule has 5 unspecified atom stereocenters. The average Bonchev–Trinajstić information content (AvgIpc) is 2.67. The van der Waals surface area contributed by atoms with Crippen molar-refractivity contribution in [3.8, 4) is 0 Å². The largest absolute Gasteiger partial charge is 0.317 e. The highest BCUT2D eigenvalue weighted by Gasteiger charge is 2.35. The van der Waals surface area contributed by atoms with Crippen molar-refractivity contribution in [1.82, 2.24) is 10.2 Å². The summed E-state index contributed by atoms with van der Waals surface area (Å²) in [6, 6.07) is 0.740. The van der Waals surface area contributed by atoms with E-state index in [1.165, 1.54) is 38.9 Å². The second-order valence-electron chi connectivity index (χ2n) is 6.77. The van der Waals surface area contributed by atoms with E-state index in [0.29, 0.717) is 0 Å². The van der Waals surface area contributed by atoms with E-state index >= 15 is 0 Å². The van der Waals surface area contributed by atoms with Crippen molar-refractivity contribution < 1.29 is 0 Å². The van der Waals surface area contributed by atoms with Gasteiger partial charge in [0.1, 0.15) is 0 Å². The van der Waals surface area contributed by atoms with Gasteiger partial charge in [-0.2, -0.15) is 0 Å². The normalized spacial score (nSPS) is 44.1. The third-order valence-electron chi connectivity index (χ3n) is 5.03. The molecule has 1 N–H and O–H groups in total. The molecule has 0 aromatic carbocycles. The van der Waals surface area contributed by atoms with Crippen LogP contribution in [0.5, 0.6) is 0 Å². The summed E-state index contributed by atoms with van der Waals surface area (Å²) in [4.78, 5) is 2.70. The quantitative estimate of drug-likeness (QED) is 0.813. The van der Waals surface area contributed by atoms with Gasteiger partial charge >= 0.3 is 0 Å². The predicted octanol–water partition coefficient (Wildman–Crippen LogP) is 2.60. The number of hydrogen-bond donors (Lipinski definition) is 1. The lowest BCUT2D eigenvalue weighted by Gasteiger charge is -2.41. The van der Waals surface area contributed by atoms with E-state index in [1.807, 2.05) is 0 Å². The van der Waals surface area contributed by atoms with Gasteiger partial charge in [-0.05, 0) is 56.5 Å². The Morgan fingerprint density at radius 2 is 1.88 bits per heavy atom. The molecule has 1 heterocycles. The summed E-state index contributed by atoms with van der Waals surface area (Å²) in [7, 11) is 2.15. The minimum Gasteiger partial charge on any atom is -0.317 e. The Bertz CT molecular complexity index is 241. The Labute approximate surface area is 107 Å². The number of nitrogens with zero attached hydrogens (tertiary/aromatic N) is 1. The molecule has 0 bridgehead atoms. The zero-order valence-corrected chi connectivity index (χ0v) is 12.1. The summed E-state index contributed by atoms with van der Waals surface area (Å²) >= 11 is 0. The van der Waals surface area contributed by atoms with E-state index < -0.39 is 0 Å². The summed E-state index contributed by atoms with van der Waals surface area (Å²) < 4.78 is 0. The van der Waals surface area contributed by atoms with Crippen LogP contribution in [0.4, 0.5) is 0 Å². The van der Waals surface area contributed by atoms with Gasteiger partial charge in [0.2, 0.25) is 0 Å². The molecule has 2 nitrogen and oxygen atoms in total. The lowest BCUT2D eigenvalue weighted by molar-refractivity contribution is 0.113. The SMILES string of the molecule is CNC1CC(C)CC(C)C1CN1CCC(C)C1. The Kier molecular flexibility index (Phi) is 4.48. The molecule has 1 aliphatic carbocycles. The maximum atomic E-state index is 3.57. The summed E-state index contributed by atoms with van der Waals surface area (Å²) in [5.74, 6) is 3.56. The molecule has 0 amide bonds. The minimum absolute atomic E-state index is 0.740. The van der Waals surface area contributed by atoms with Gasteiger partial charge in [-0.3, -0.25) is 0 Å². The first-order valence-electron chi connectivity index (χ1n) is 7.49. The number of rotatable bonds is 3. The van der Waals surface area contributed by atoms with Crippen LogP contribution in [0.25, 0.3) is 0 Å². The van der Waals surface area contributed by atoms with Crippen LogP contribution in [-0.2, 0) is 0 Å².